The SMILES string of the molecule is CO[C@H]1CN(C)C(=O)c2cc(NC(=O)NC(C)C)ccc2OC[C@H](N)N(Cc2ccc(-c3ccccn3)cc2)C[C@@H]1C. The highest BCUT2D eigenvalue weighted by atomic mass is 16.5. The van der Waals surface area contributed by atoms with Gasteiger partial charge < -0.3 is 30.7 Å². The van der Waals surface area contributed by atoms with Crippen molar-refractivity contribution in [3.63, 3.8) is 0 Å². The highest BCUT2D eigenvalue weighted by Gasteiger charge is 2.29. The summed E-state index contributed by atoms with van der Waals surface area (Å²) in [7, 11) is 3.41. The molecular weight excluding hydrogens is 532 g/mol. The largest absolute Gasteiger partial charge is 0.490 e. The molecule has 0 fully saturated rings. The quantitative estimate of drug-likeness (QED) is 0.404. The zero-order valence-corrected chi connectivity index (χ0v) is 25.0. The van der Waals surface area contributed by atoms with E-state index >= 15 is 0 Å². The van der Waals surface area contributed by atoms with Gasteiger partial charge in [-0.25, -0.2) is 4.79 Å². The second kappa shape index (κ2) is 14.3. The van der Waals surface area contributed by atoms with E-state index in [4.69, 9.17) is 15.2 Å². The molecule has 0 saturated carbocycles. The highest BCUT2D eigenvalue weighted by molar-refractivity contribution is 5.99. The number of amides is 3. The fourth-order valence-corrected chi connectivity index (χ4v) is 5.01. The predicted octanol–water partition coefficient (Wildman–Crippen LogP) is 4.18. The minimum absolute atomic E-state index is 0.0263. The minimum Gasteiger partial charge on any atom is -0.490 e. The molecule has 2 aromatic carbocycles. The molecule has 3 amide bonds. The van der Waals surface area contributed by atoms with Crippen molar-refractivity contribution >= 4 is 17.6 Å². The normalized spacial score (nSPS) is 20.2. The fourth-order valence-electron chi connectivity index (χ4n) is 5.01. The molecule has 4 rings (SSSR count). The zero-order valence-electron chi connectivity index (χ0n) is 25.0. The molecule has 0 unspecified atom stereocenters. The summed E-state index contributed by atoms with van der Waals surface area (Å²) >= 11 is 0. The number of nitrogens with zero attached hydrogens (tertiary/aromatic N) is 3. The molecule has 3 aromatic rings. The summed E-state index contributed by atoms with van der Waals surface area (Å²) in [6.45, 7) is 7.66. The van der Waals surface area contributed by atoms with Crippen molar-refractivity contribution in [3.05, 3.63) is 78.0 Å². The standard InChI is InChI=1S/C32H42N6O4/c1-21(2)35-32(40)36-25-13-14-28-26(16-25)31(39)37(4)19-29(41-5)22(3)17-38(30(33)20-42-28)18-23-9-11-24(12-10-23)27-8-6-7-15-34-27/h6-16,21-22,29-30H,17-20,33H2,1-5H3,(H2,35,36,40)/t22-,29-,30+/m0/s1. The molecule has 0 bridgehead atoms. The van der Waals surface area contributed by atoms with Crippen molar-refractivity contribution in [2.24, 2.45) is 11.7 Å². The van der Waals surface area contributed by atoms with Crippen molar-refractivity contribution in [1.82, 2.24) is 20.1 Å². The minimum atomic E-state index is -0.449. The van der Waals surface area contributed by atoms with Crippen LogP contribution in [0.4, 0.5) is 10.5 Å². The summed E-state index contributed by atoms with van der Waals surface area (Å²) in [5, 5.41) is 5.58. The van der Waals surface area contributed by atoms with Gasteiger partial charge in [0.25, 0.3) is 5.91 Å². The van der Waals surface area contributed by atoms with Crippen LogP contribution in [0.1, 0.15) is 36.7 Å². The summed E-state index contributed by atoms with van der Waals surface area (Å²) in [6.07, 6.45) is 1.12. The summed E-state index contributed by atoms with van der Waals surface area (Å²) < 4.78 is 12.0. The Balaban J connectivity index is 1.58. The van der Waals surface area contributed by atoms with Crippen LogP contribution in [-0.2, 0) is 11.3 Å². The number of nitrogens with two attached hydrogens (primary N) is 1. The average molecular weight is 575 g/mol. The number of pyridine rings is 1. The number of likely N-dealkylation sites (N-methyl/N-ethyl adjacent to an activating group) is 1. The van der Waals surface area contributed by atoms with E-state index in [-0.39, 0.29) is 36.6 Å². The van der Waals surface area contributed by atoms with Crippen LogP contribution >= 0.6 is 0 Å². The molecule has 1 aliphatic heterocycles. The molecule has 10 heteroatoms. The van der Waals surface area contributed by atoms with Gasteiger partial charge in [-0.3, -0.25) is 14.7 Å². The molecule has 0 spiro atoms. The Morgan fingerprint density at radius 3 is 2.57 bits per heavy atom. The van der Waals surface area contributed by atoms with E-state index in [0.717, 1.165) is 16.8 Å². The van der Waals surface area contributed by atoms with Gasteiger partial charge in [0.05, 0.1) is 23.5 Å². The zero-order chi connectivity index (χ0) is 30.2. The van der Waals surface area contributed by atoms with E-state index in [1.54, 1.807) is 43.5 Å². The van der Waals surface area contributed by atoms with Gasteiger partial charge in [-0.15, -0.1) is 0 Å². The van der Waals surface area contributed by atoms with E-state index < -0.39 is 6.17 Å². The molecule has 3 atom stereocenters. The number of methoxy groups -OCH3 is 1. The number of carbonyl (C=O) groups is 2. The maximum atomic E-state index is 13.6. The van der Waals surface area contributed by atoms with Crippen molar-refractivity contribution in [1.29, 1.82) is 0 Å². The molecule has 4 N–H and O–H groups in total. The van der Waals surface area contributed by atoms with Crippen molar-refractivity contribution in [2.75, 3.05) is 39.2 Å². The van der Waals surface area contributed by atoms with Gasteiger partial charge in [0.1, 0.15) is 12.4 Å². The lowest BCUT2D eigenvalue weighted by Gasteiger charge is -2.36. The van der Waals surface area contributed by atoms with E-state index in [0.29, 0.717) is 36.6 Å². The van der Waals surface area contributed by atoms with Crippen molar-refractivity contribution in [2.45, 2.75) is 45.6 Å². The van der Waals surface area contributed by atoms with Crippen LogP contribution in [0.3, 0.4) is 0 Å². The van der Waals surface area contributed by atoms with Gasteiger partial charge in [-0.1, -0.05) is 37.3 Å². The first-order chi connectivity index (χ1) is 20.1. The Kier molecular flexibility index (Phi) is 10.5. The van der Waals surface area contributed by atoms with Gasteiger partial charge in [0.15, 0.2) is 0 Å². The van der Waals surface area contributed by atoms with Gasteiger partial charge in [0, 0.05) is 57.3 Å². The number of carbonyl (C=O) groups excluding carboxylic acids is 2. The van der Waals surface area contributed by atoms with Crippen LogP contribution in [-0.4, -0.2) is 78.9 Å². The van der Waals surface area contributed by atoms with Crippen LogP contribution in [0.2, 0.25) is 0 Å². The first-order valence-electron chi connectivity index (χ1n) is 14.3. The Morgan fingerprint density at radius 1 is 1.14 bits per heavy atom. The van der Waals surface area contributed by atoms with Gasteiger partial charge in [0.2, 0.25) is 0 Å². The molecular formula is C32H42N6O4. The number of benzene rings is 2. The number of nitrogens with one attached hydrogen (secondary N) is 2. The first kappa shape index (κ1) is 31.0. The molecule has 0 aliphatic carbocycles. The third-order valence-electron chi connectivity index (χ3n) is 7.33. The number of anilines is 1. The topological polar surface area (TPSA) is 122 Å². The molecule has 42 heavy (non-hydrogen) atoms. The van der Waals surface area contributed by atoms with Crippen molar-refractivity contribution < 1.29 is 19.1 Å². The molecule has 1 aliphatic rings. The third kappa shape index (κ3) is 8.06. The smallest absolute Gasteiger partial charge is 0.319 e. The Morgan fingerprint density at radius 2 is 1.90 bits per heavy atom. The second-order valence-corrected chi connectivity index (χ2v) is 11.1. The highest BCUT2D eigenvalue weighted by Crippen LogP contribution is 2.27. The van der Waals surface area contributed by atoms with Gasteiger partial charge >= 0.3 is 6.03 Å². The number of ether oxygens (including phenoxy) is 2. The van der Waals surface area contributed by atoms with Crippen LogP contribution in [0.5, 0.6) is 5.75 Å². The monoisotopic (exact) mass is 574 g/mol. The van der Waals surface area contributed by atoms with Crippen LogP contribution in [0, 0.1) is 5.92 Å². The van der Waals surface area contributed by atoms with Crippen molar-refractivity contribution in [3.8, 4) is 17.0 Å². The maximum absolute atomic E-state index is 13.6. The number of fused-ring (bicyclic) bond motifs is 1. The predicted molar refractivity (Wildman–Crippen MR) is 164 cm³/mol. The van der Waals surface area contributed by atoms with Crippen LogP contribution < -0.4 is 21.1 Å². The lowest BCUT2D eigenvalue weighted by Crippen LogP contribution is -2.50. The van der Waals surface area contributed by atoms with Crippen LogP contribution in [0.25, 0.3) is 11.3 Å². The maximum Gasteiger partial charge on any atom is 0.319 e. The summed E-state index contributed by atoms with van der Waals surface area (Å²) in [6, 6.07) is 18.9. The summed E-state index contributed by atoms with van der Waals surface area (Å²) in [5.74, 6) is 0.237. The van der Waals surface area contributed by atoms with E-state index in [2.05, 4.69) is 51.7 Å². The number of urea groups is 1. The molecule has 0 saturated heterocycles. The van der Waals surface area contributed by atoms with E-state index in [1.807, 2.05) is 32.0 Å². The average Bonchev–Trinajstić information content (AvgIpc) is 2.98. The first-order valence-corrected chi connectivity index (χ1v) is 14.3. The summed E-state index contributed by atoms with van der Waals surface area (Å²) in [5.41, 5.74) is 10.6. The molecule has 0 radical (unpaired) electrons. The molecule has 224 valence electrons. The Bertz CT molecular complexity index is 1330. The fraction of sp³-hybridized carbons (Fsp3) is 0.406. The third-order valence-corrected chi connectivity index (χ3v) is 7.33. The molecule has 10 nitrogen and oxygen atoms in total. The number of hydrogen-bond donors (Lipinski definition) is 3. The number of rotatable bonds is 6. The number of aromatic nitrogens is 1. The lowest BCUT2D eigenvalue weighted by molar-refractivity contribution is 0.00808. The second-order valence-electron chi connectivity index (χ2n) is 11.1. The lowest BCUT2D eigenvalue weighted by atomic mass is 10.0. The number of hydrogen-bond acceptors (Lipinski definition) is 7. The van der Waals surface area contributed by atoms with Crippen LogP contribution in [0.15, 0.2) is 66.9 Å². The van der Waals surface area contributed by atoms with E-state index in [1.165, 1.54) is 0 Å². The molecule has 2 heterocycles. The van der Waals surface area contributed by atoms with Gasteiger partial charge in [-0.2, -0.15) is 0 Å². The Labute approximate surface area is 248 Å². The summed E-state index contributed by atoms with van der Waals surface area (Å²) in [4.78, 5) is 34.1. The Hall–Kier alpha value is -3.99. The van der Waals surface area contributed by atoms with Gasteiger partial charge in [-0.05, 0) is 55.7 Å². The molecule has 1 aromatic heterocycles. The van der Waals surface area contributed by atoms with E-state index in [9.17, 15) is 9.59 Å².